The SMILES string of the molecule is CC(=O)N(C)CCN(C)C(=O)[C@@H]1CCCN1C(=O)C1=C(C(C)C)N2C(=N[C@@](C)(c3ccc(Cl)cc3)[C@H]2c2ccc(Cl)cc2)S1. The van der Waals surface area contributed by atoms with E-state index in [4.69, 9.17) is 28.2 Å². The lowest BCUT2D eigenvalue weighted by Gasteiger charge is -2.37. The van der Waals surface area contributed by atoms with Crippen molar-refractivity contribution in [2.24, 2.45) is 10.9 Å². The van der Waals surface area contributed by atoms with E-state index in [0.29, 0.717) is 41.0 Å². The Hall–Kier alpha value is -3.01. The zero-order valence-corrected chi connectivity index (χ0v) is 28.3. The molecular formula is C33H39Cl2N5O3S. The molecule has 44 heavy (non-hydrogen) atoms. The molecule has 0 radical (unpaired) electrons. The monoisotopic (exact) mass is 655 g/mol. The molecule has 3 heterocycles. The number of benzene rings is 2. The van der Waals surface area contributed by atoms with Crippen LogP contribution in [0.1, 0.15) is 57.7 Å². The molecule has 2 aromatic rings. The summed E-state index contributed by atoms with van der Waals surface area (Å²) < 4.78 is 0. The Morgan fingerprint density at radius 1 is 1.00 bits per heavy atom. The third-order valence-electron chi connectivity index (χ3n) is 8.85. The first-order chi connectivity index (χ1) is 20.8. The highest BCUT2D eigenvalue weighted by Gasteiger charge is 2.54. The second-order valence-electron chi connectivity index (χ2n) is 12.2. The Kier molecular flexibility index (Phi) is 9.40. The van der Waals surface area contributed by atoms with Gasteiger partial charge in [-0.1, -0.05) is 61.3 Å². The smallest absolute Gasteiger partial charge is 0.263 e. The molecule has 11 heteroatoms. The highest BCUT2D eigenvalue weighted by molar-refractivity contribution is 8.18. The number of rotatable bonds is 8. The van der Waals surface area contributed by atoms with Crippen molar-refractivity contribution in [2.45, 2.75) is 58.2 Å². The van der Waals surface area contributed by atoms with E-state index in [1.807, 2.05) is 48.5 Å². The number of carbonyl (C=O) groups is 3. The fraction of sp³-hybridized carbons (Fsp3) is 0.455. The number of fused-ring (bicyclic) bond motifs is 1. The first-order valence-electron chi connectivity index (χ1n) is 14.9. The van der Waals surface area contributed by atoms with E-state index >= 15 is 0 Å². The number of amides is 3. The number of amidine groups is 1. The molecule has 234 valence electrons. The van der Waals surface area contributed by atoms with Gasteiger partial charge in [0.05, 0.1) is 6.04 Å². The van der Waals surface area contributed by atoms with Crippen molar-refractivity contribution in [3.63, 3.8) is 0 Å². The molecule has 0 unspecified atom stereocenters. The number of hydrogen-bond donors (Lipinski definition) is 0. The topological polar surface area (TPSA) is 76.5 Å². The molecule has 3 atom stereocenters. The molecule has 0 N–H and O–H groups in total. The van der Waals surface area contributed by atoms with Crippen LogP contribution in [0.15, 0.2) is 64.1 Å². The zero-order chi connectivity index (χ0) is 31.9. The average Bonchev–Trinajstić information content (AvgIpc) is 3.68. The summed E-state index contributed by atoms with van der Waals surface area (Å²) in [6.07, 6.45) is 1.37. The average molecular weight is 657 g/mol. The lowest BCUT2D eigenvalue weighted by molar-refractivity contribution is -0.141. The second kappa shape index (κ2) is 12.8. The van der Waals surface area contributed by atoms with Crippen LogP contribution in [0.5, 0.6) is 0 Å². The summed E-state index contributed by atoms with van der Waals surface area (Å²) in [5.41, 5.74) is 2.30. The van der Waals surface area contributed by atoms with Crippen LogP contribution in [0.25, 0.3) is 0 Å². The third kappa shape index (κ3) is 5.98. The molecule has 3 amide bonds. The van der Waals surface area contributed by atoms with E-state index in [2.05, 4.69) is 25.7 Å². The number of carbonyl (C=O) groups excluding carboxylic acids is 3. The number of nitrogens with zero attached hydrogens (tertiary/aromatic N) is 5. The van der Waals surface area contributed by atoms with Gasteiger partial charge in [0.2, 0.25) is 11.8 Å². The molecule has 1 saturated heterocycles. The van der Waals surface area contributed by atoms with Crippen molar-refractivity contribution in [3.05, 3.63) is 80.3 Å². The minimum Gasteiger partial charge on any atom is -0.344 e. The summed E-state index contributed by atoms with van der Waals surface area (Å²) in [6.45, 7) is 9.16. The number of likely N-dealkylation sites (tertiary alicyclic amines) is 1. The van der Waals surface area contributed by atoms with E-state index in [-0.39, 0.29) is 29.7 Å². The summed E-state index contributed by atoms with van der Waals surface area (Å²) in [7, 11) is 3.45. The molecule has 2 aromatic carbocycles. The van der Waals surface area contributed by atoms with Gasteiger partial charge in [-0.05, 0) is 72.8 Å². The molecule has 0 saturated carbocycles. The molecule has 0 spiro atoms. The predicted octanol–water partition coefficient (Wildman–Crippen LogP) is 6.16. The molecular weight excluding hydrogens is 617 g/mol. The summed E-state index contributed by atoms with van der Waals surface area (Å²) in [5, 5.41) is 2.07. The summed E-state index contributed by atoms with van der Waals surface area (Å²) in [4.78, 5) is 52.6. The van der Waals surface area contributed by atoms with Crippen molar-refractivity contribution in [3.8, 4) is 0 Å². The molecule has 3 aliphatic rings. The first-order valence-corrected chi connectivity index (χ1v) is 16.5. The Morgan fingerprint density at radius 2 is 1.59 bits per heavy atom. The van der Waals surface area contributed by atoms with Crippen molar-refractivity contribution in [2.75, 3.05) is 33.7 Å². The summed E-state index contributed by atoms with van der Waals surface area (Å²) in [6, 6.07) is 14.8. The number of likely N-dealkylation sites (N-methyl/N-ethyl adjacent to an activating group) is 2. The molecule has 8 nitrogen and oxygen atoms in total. The van der Waals surface area contributed by atoms with Crippen LogP contribution in [0, 0.1) is 5.92 Å². The molecule has 0 bridgehead atoms. The van der Waals surface area contributed by atoms with Gasteiger partial charge in [-0.2, -0.15) is 0 Å². The first kappa shape index (κ1) is 32.4. The van der Waals surface area contributed by atoms with Gasteiger partial charge in [-0.15, -0.1) is 0 Å². The number of aliphatic imine (C=N–C) groups is 1. The Labute approximate surface area is 274 Å². The number of hydrogen-bond acceptors (Lipinski definition) is 6. The van der Waals surface area contributed by atoms with Crippen LogP contribution < -0.4 is 0 Å². The molecule has 5 rings (SSSR count). The fourth-order valence-corrected chi connectivity index (χ4v) is 7.90. The Bertz CT molecular complexity index is 1510. The van der Waals surface area contributed by atoms with Crippen LogP contribution in [-0.2, 0) is 19.9 Å². The largest absolute Gasteiger partial charge is 0.344 e. The van der Waals surface area contributed by atoms with Crippen LogP contribution >= 0.6 is 35.0 Å². The van der Waals surface area contributed by atoms with E-state index in [1.165, 1.54) is 18.7 Å². The fourth-order valence-electron chi connectivity index (χ4n) is 6.28. The summed E-state index contributed by atoms with van der Waals surface area (Å²) >= 11 is 13.9. The lowest BCUT2D eigenvalue weighted by Crippen LogP contribution is -2.48. The van der Waals surface area contributed by atoms with Gasteiger partial charge in [0.1, 0.15) is 16.5 Å². The van der Waals surface area contributed by atoms with Crippen molar-refractivity contribution in [1.29, 1.82) is 0 Å². The Balaban J connectivity index is 1.49. The van der Waals surface area contributed by atoms with Crippen molar-refractivity contribution >= 4 is 57.9 Å². The van der Waals surface area contributed by atoms with Gasteiger partial charge in [0, 0.05) is 56.4 Å². The highest BCUT2D eigenvalue weighted by atomic mass is 35.5. The third-order valence-corrected chi connectivity index (χ3v) is 10.4. The summed E-state index contributed by atoms with van der Waals surface area (Å²) in [5.74, 6) is -0.279. The maximum absolute atomic E-state index is 14.4. The minimum atomic E-state index is -0.655. The van der Waals surface area contributed by atoms with Gasteiger partial charge < -0.3 is 19.6 Å². The number of halogens is 2. The maximum atomic E-state index is 14.4. The van der Waals surface area contributed by atoms with Crippen molar-refractivity contribution < 1.29 is 14.4 Å². The van der Waals surface area contributed by atoms with Crippen molar-refractivity contribution in [1.82, 2.24) is 19.6 Å². The lowest BCUT2D eigenvalue weighted by atomic mass is 9.81. The van der Waals surface area contributed by atoms with Gasteiger partial charge in [0.15, 0.2) is 5.17 Å². The van der Waals surface area contributed by atoms with E-state index in [9.17, 15) is 14.4 Å². The number of thioether (sulfide) groups is 1. The van der Waals surface area contributed by atoms with Crippen LogP contribution in [0.2, 0.25) is 10.0 Å². The maximum Gasteiger partial charge on any atom is 0.263 e. The highest BCUT2D eigenvalue weighted by Crippen LogP contribution is 2.56. The molecule has 0 aromatic heterocycles. The quantitative estimate of drug-likeness (QED) is 0.340. The van der Waals surface area contributed by atoms with Gasteiger partial charge in [-0.25, -0.2) is 4.99 Å². The molecule has 1 fully saturated rings. The van der Waals surface area contributed by atoms with E-state index in [1.54, 1.807) is 28.8 Å². The van der Waals surface area contributed by atoms with Gasteiger partial charge in [0.25, 0.3) is 5.91 Å². The van der Waals surface area contributed by atoms with E-state index < -0.39 is 11.6 Å². The van der Waals surface area contributed by atoms with Crippen LogP contribution in [0.4, 0.5) is 0 Å². The molecule has 0 aliphatic carbocycles. The van der Waals surface area contributed by atoms with Gasteiger partial charge >= 0.3 is 0 Å². The van der Waals surface area contributed by atoms with Crippen LogP contribution in [-0.4, -0.2) is 82.3 Å². The number of allylic oxidation sites excluding steroid dienone is 1. The normalized spacial score (nSPS) is 22.9. The second-order valence-corrected chi connectivity index (χ2v) is 14.1. The van der Waals surface area contributed by atoms with Gasteiger partial charge in [-0.3, -0.25) is 14.4 Å². The standard InChI is InChI=1S/C33H39Cl2N5O3S/c1-20(2)27-28(31(43)39-17-7-8-26(39)30(42)38(6)19-18-37(5)21(3)41)44-32-36-33(4,23-11-15-25(35)16-12-23)29(40(27)32)22-9-13-24(34)14-10-22/h9-16,20,26,29H,7-8,17-19H2,1-6H3/t26-,29+,33-/m0/s1. The minimum absolute atomic E-state index is 0.0121. The zero-order valence-electron chi connectivity index (χ0n) is 26.0. The molecule has 3 aliphatic heterocycles. The predicted molar refractivity (Wildman–Crippen MR) is 177 cm³/mol. The van der Waals surface area contributed by atoms with Crippen LogP contribution in [0.3, 0.4) is 0 Å². The van der Waals surface area contributed by atoms with E-state index in [0.717, 1.165) is 28.4 Å². The Morgan fingerprint density at radius 3 is 2.18 bits per heavy atom.